The third-order valence-electron chi connectivity index (χ3n) is 3.60. The van der Waals surface area contributed by atoms with E-state index in [1.807, 2.05) is 0 Å². The van der Waals surface area contributed by atoms with Crippen LogP contribution in [0.15, 0.2) is 30.3 Å². The first-order valence-corrected chi connectivity index (χ1v) is 7.10. The van der Waals surface area contributed by atoms with E-state index in [1.54, 1.807) is 30.3 Å². The predicted molar refractivity (Wildman–Crippen MR) is 84.8 cm³/mol. The van der Waals surface area contributed by atoms with Gasteiger partial charge in [0.1, 0.15) is 13.2 Å². The van der Waals surface area contributed by atoms with E-state index in [0.29, 0.717) is 53.0 Å². The Morgan fingerprint density at radius 2 is 1.65 bits per heavy atom. The molecule has 23 heavy (non-hydrogen) atoms. The fourth-order valence-corrected chi connectivity index (χ4v) is 2.43. The van der Waals surface area contributed by atoms with Gasteiger partial charge in [0.2, 0.25) is 0 Å². The highest BCUT2D eigenvalue weighted by molar-refractivity contribution is 6.12. The number of hydrogen-bond acceptors (Lipinski definition) is 6. The summed E-state index contributed by atoms with van der Waals surface area (Å²) in [6.07, 6.45) is 0. The summed E-state index contributed by atoms with van der Waals surface area (Å²) in [7, 11) is 3.06. The standard InChI is InChI=1S/C17H17NO5/c1-20-13-4-3-10(7-14(13)21-2)17(19)11-8-15-16(9-12(11)18)23-6-5-22-15/h3-4,7-9H,5-6,18H2,1-2H3. The van der Waals surface area contributed by atoms with Gasteiger partial charge in [-0.15, -0.1) is 0 Å². The summed E-state index contributed by atoms with van der Waals surface area (Å²) in [6.45, 7) is 0.913. The van der Waals surface area contributed by atoms with Crippen molar-refractivity contribution in [2.45, 2.75) is 0 Å². The quantitative estimate of drug-likeness (QED) is 0.689. The number of carbonyl (C=O) groups excluding carboxylic acids is 1. The highest BCUT2D eigenvalue weighted by atomic mass is 16.6. The van der Waals surface area contributed by atoms with Crippen molar-refractivity contribution in [1.29, 1.82) is 0 Å². The van der Waals surface area contributed by atoms with Gasteiger partial charge in [0.25, 0.3) is 0 Å². The number of carbonyl (C=O) groups is 1. The summed E-state index contributed by atoms with van der Waals surface area (Å²) in [5.41, 5.74) is 7.15. The van der Waals surface area contributed by atoms with Crippen molar-refractivity contribution >= 4 is 11.5 Å². The second-order valence-corrected chi connectivity index (χ2v) is 4.98. The number of ketones is 1. The number of rotatable bonds is 4. The van der Waals surface area contributed by atoms with Crippen molar-refractivity contribution < 1.29 is 23.7 Å². The lowest BCUT2D eigenvalue weighted by molar-refractivity contribution is 0.103. The highest BCUT2D eigenvalue weighted by Crippen LogP contribution is 2.36. The Bertz CT molecular complexity index is 757. The fraction of sp³-hybridized carbons (Fsp3) is 0.235. The molecule has 1 heterocycles. The molecule has 0 spiro atoms. The number of fused-ring (bicyclic) bond motifs is 1. The first kappa shape index (κ1) is 15.0. The molecule has 0 bridgehead atoms. The van der Waals surface area contributed by atoms with E-state index in [1.165, 1.54) is 14.2 Å². The van der Waals surface area contributed by atoms with Crippen molar-refractivity contribution in [2.75, 3.05) is 33.2 Å². The third-order valence-corrected chi connectivity index (χ3v) is 3.60. The summed E-state index contributed by atoms with van der Waals surface area (Å²) in [5.74, 6) is 1.89. The van der Waals surface area contributed by atoms with Gasteiger partial charge in [-0.25, -0.2) is 0 Å². The van der Waals surface area contributed by atoms with Crippen molar-refractivity contribution in [3.63, 3.8) is 0 Å². The summed E-state index contributed by atoms with van der Waals surface area (Å²) in [4.78, 5) is 12.7. The molecular weight excluding hydrogens is 298 g/mol. The normalized spacial score (nSPS) is 12.6. The minimum absolute atomic E-state index is 0.222. The van der Waals surface area contributed by atoms with E-state index in [0.717, 1.165) is 0 Å². The maximum Gasteiger partial charge on any atom is 0.195 e. The molecule has 120 valence electrons. The van der Waals surface area contributed by atoms with Crippen LogP contribution in [0.25, 0.3) is 0 Å². The van der Waals surface area contributed by atoms with Crippen LogP contribution in [0.1, 0.15) is 15.9 Å². The smallest absolute Gasteiger partial charge is 0.195 e. The predicted octanol–water partition coefficient (Wildman–Crippen LogP) is 2.29. The third kappa shape index (κ3) is 2.75. The minimum Gasteiger partial charge on any atom is -0.493 e. The van der Waals surface area contributed by atoms with Gasteiger partial charge in [-0.05, 0) is 24.3 Å². The second kappa shape index (κ2) is 6.08. The lowest BCUT2D eigenvalue weighted by Crippen LogP contribution is -2.17. The van der Waals surface area contributed by atoms with E-state index in [-0.39, 0.29) is 5.78 Å². The molecule has 0 atom stereocenters. The summed E-state index contributed by atoms with van der Waals surface area (Å²) in [6, 6.07) is 8.20. The number of nitrogens with two attached hydrogens (primary N) is 1. The van der Waals surface area contributed by atoms with Crippen LogP contribution in [0, 0.1) is 0 Å². The molecule has 2 aromatic rings. The van der Waals surface area contributed by atoms with Gasteiger partial charge in [0.15, 0.2) is 28.8 Å². The lowest BCUT2D eigenvalue weighted by atomic mass is 10.0. The molecule has 0 unspecified atom stereocenters. The Morgan fingerprint density at radius 3 is 2.30 bits per heavy atom. The van der Waals surface area contributed by atoms with Crippen LogP contribution in [-0.4, -0.2) is 33.2 Å². The first-order chi connectivity index (χ1) is 11.1. The number of hydrogen-bond donors (Lipinski definition) is 1. The van der Waals surface area contributed by atoms with Crippen molar-refractivity contribution in [3.8, 4) is 23.0 Å². The molecule has 1 aliphatic rings. The van der Waals surface area contributed by atoms with Gasteiger partial charge in [0, 0.05) is 22.9 Å². The lowest BCUT2D eigenvalue weighted by Gasteiger charge is -2.20. The number of methoxy groups -OCH3 is 2. The average molecular weight is 315 g/mol. The molecule has 0 amide bonds. The zero-order chi connectivity index (χ0) is 16.4. The minimum atomic E-state index is -0.222. The maximum atomic E-state index is 12.7. The molecule has 0 aromatic heterocycles. The molecule has 2 aromatic carbocycles. The topological polar surface area (TPSA) is 80.0 Å². The van der Waals surface area contributed by atoms with Gasteiger partial charge in [0.05, 0.1) is 14.2 Å². The van der Waals surface area contributed by atoms with Crippen LogP contribution < -0.4 is 24.7 Å². The Balaban J connectivity index is 2.00. The van der Waals surface area contributed by atoms with Crippen LogP contribution >= 0.6 is 0 Å². The number of anilines is 1. The first-order valence-electron chi connectivity index (χ1n) is 7.10. The maximum absolute atomic E-state index is 12.7. The van der Waals surface area contributed by atoms with Crippen molar-refractivity contribution in [1.82, 2.24) is 0 Å². The molecule has 6 nitrogen and oxygen atoms in total. The average Bonchev–Trinajstić information content (AvgIpc) is 2.59. The van der Waals surface area contributed by atoms with Crippen LogP contribution in [0.5, 0.6) is 23.0 Å². The van der Waals surface area contributed by atoms with E-state index in [4.69, 9.17) is 24.7 Å². The molecule has 6 heteroatoms. The zero-order valence-corrected chi connectivity index (χ0v) is 12.9. The highest BCUT2D eigenvalue weighted by Gasteiger charge is 2.20. The van der Waals surface area contributed by atoms with Gasteiger partial charge in [-0.1, -0.05) is 0 Å². The zero-order valence-electron chi connectivity index (χ0n) is 12.9. The SMILES string of the molecule is COc1ccc(C(=O)c2cc3c(cc2N)OCCO3)cc1OC. The Labute approximate surface area is 133 Å². The van der Waals surface area contributed by atoms with Crippen LogP contribution in [0.3, 0.4) is 0 Å². The summed E-state index contributed by atoms with van der Waals surface area (Å²) < 4.78 is 21.4. The Morgan fingerprint density at radius 1 is 1.00 bits per heavy atom. The van der Waals surface area contributed by atoms with E-state index >= 15 is 0 Å². The van der Waals surface area contributed by atoms with E-state index in [2.05, 4.69) is 0 Å². The summed E-state index contributed by atoms with van der Waals surface area (Å²) in [5, 5.41) is 0. The number of ether oxygens (including phenoxy) is 4. The molecule has 2 N–H and O–H groups in total. The van der Waals surface area contributed by atoms with Gasteiger partial charge in [-0.3, -0.25) is 4.79 Å². The molecule has 0 saturated heterocycles. The Hall–Kier alpha value is -2.89. The fourth-order valence-electron chi connectivity index (χ4n) is 2.43. The number of nitrogen functional groups attached to an aromatic ring is 1. The van der Waals surface area contributed by atoms with E-state index < -0.39 is 0 Å². The largest absolute Gasteiger partial charge is 0.493 e. The molecule has 0 saturated carbocycles. The van der Waals surface area contributed by atoms with Gasteiger partial charge < -0.3 is 24.7 Å². The van der Waals surface area contributed by atoms with Crippen molar-refractivity contribution in [2.24, 2.45) is 0 Å². The summed E-state index contributed by atoms with van der Waals surface area (Å²) >= 11 is 0. The van der Waals surface area contributed by atoms with Crippen LogP contribution in [0.4, 0.5) is 5.69 Å². The van der Waals surface area contributed by atoms with Gasteiger partial charge >= 0.3 is 0 Å². The monoisotopic (exact) mass is 315 g/mol. The van der Waals surface area contributed by atoms with Crippen LogP contribution in [0.2, 0.25) is 0 Å². The molecule has 0 aliphatic carbocycles. The van der Waals surface area contributed by atoms with E-state index in [9.17, 15) is 4.79 Å². The number of benzene rings is 2. The molecular formula is C17H17NO5. The molecule has 0 radical (unpaired) electrons. The second-order valence-electron chi connectivity index (χ2n) is 4.98. The Kier molecular flexibility index (Phi) is 3.97. The van der Waals surface area contributed by atoms with Gasteiger partial charge in [-0.2, -0.15) is 0 Å². The molecule has 1 aliphatic heterocycles. The molecule has 0 fully saturated rings. The van der Waals surface area contributed by atoms with Crippen molar-refractivity contribution in [3.05, 3.63) is 41.5 Å². The molecule has 3 rings (SSSR count). The van der Waals surface area contributed by atoms with Crippen LogP contribution in [-0.2, 0) is 0 Å².